The first-order valence-electron chi connectivity index (χ1n) is 7.23. The molecule has 0 N–H and O–H groups in total. The molecule has 2 aromatic rings. The molecule has 0 aromatic carbocycles. The molecule has 0 radical (unpaired) electrons. The van der Waals surface area contributed by atoms with Gasteiger partial charge in [-0.3, -0.25) is 9.59 Å². The highest BCUT2D eigenvalue weighted by Gasteiger charge is 2.25. The summed E-state index contributed by atoms with van der Waals surface area (Å²) in [5, 5.41) is 2.05. The third-order valence-electron chi connectivity index (χ3n) is 4.07. The molecule has 2 aromatic heterocycles. The van der Waals surface area contributed by atoms with Crippen molar-refractivity contribution in [3.8, 4) is 0 Å². The minimum absolute atomic E-state index is 0.0726. The second-order valence-corrected chi connectivity index (χ2v) is 6.19. The SMILES string of the molecule is CCn1c(C(=O)N2CCN(C(C)=O)CC2)cc2sccc21. The number of aromatic nitrogens is 1. The number of carbonyl (C=O) groups excluding carboxylic acids is 2. The first-order valence-corrected chi connectivity index (χ1v) is 8.11. The van der Waals surface area contributed by atoms with Crippen LogP contribution in [0.1, 0.15) is 24.3 Å². The van der Waals surface area contributed by atoms with Gasteiger partial charge >= 0.3 is 0 Å². The highest BCUT2D eigenvalue weighted by Crippen LogP contribution is 2.26. The van der Waals surface area contributed by atoms with E-state index in [1.165, 1.54) is 0 Å². The quantitative estimate of drug-likeness (QED) is 0.852. The second-order valence-electron chi connectivity index (χ2n) is 5.24. The van der Waals surface area contributed by atoms with Gasteiger partial charge in [-0.1, -0.05) is 0 Å². The minimum Gasteiger partial charge on any atom is -0.339 e. The summed E-state index contributed by atoms with van der Waals surface area (Å²) in [6, 6.07) is 4.05. The Balaban J connectivity index is 1.81. The van der Waals surface area contributed by atoms with Crippen LogP contribution in [-0.2, 0) is 11.3 Å². The van der Waals surface area contributed by atoms with Gasteiger partial charge in [-0.15, -0.1) is 11.3 Å². The summed E-state index contributed by atoms with van der Waals surface area (Å²) in [5.74, 6) is 0.156. The van der Waals surface area contributed by atoms with E-state index in [2.05, 4.69) is 22.9 Å². The fourth-order valence-electron chi connectivity index (χ4n) is 2.88. The van der Waals surface area contributed by atoms with Gasteiger partial charge in [-0.25, -0.2) is 0 Å². The number of thiophene rings is 1. The summed E-state index contributed by atoms with van der Waals surface area (Å²) >= 11 is 1.66. The standard InChI is InChI=1S/C15H19N3O2S/c1-3-18-12-4-9-21-14(12)10-13(18)15(20)17-7-5-16(6-8-17)11(2)19/h4,9-10H,3,5-8H2,1-2H3. The maximum Gasteiger partial charge on any atom is 0.270 e. The second kappa shape index (κ2) is 5.52. The van der Waals surface area contributed by atoms with Crippen LogP contribution in [-0.4, -0.2) is 52.4 Å². The van der Waals surface area contributed by atoms with E-state index in [4.69, 9.17) is 0 Å². The fraction of sp³-hybridized carbons (Fsp3) is 0.467. The summed E-state index contributed by atoms with van der Waals surface area (Å²) in [6.45, 7) is 6.90. The third kappa shape index (κ3) is 2.44. The van der Waals surface area contributed by atoms with Crippen molar-refractivity contribution in [3.63, 3.8) is 0 Å². The molecule has 0 saturated carbocycles. The van der Waals surface area contributed by atoms with E-state index in [0.717, 1.165) is 22.5 Å². The third-order valence-corrected chi connectivity index (χ3v) is 4.92. The minimum atomic E-state index is 0.0726. The fourth-order valence-corrected chi connectivity index (χ4v) is 3.70. The zero-order valence-corrected chi connectivity index (χ0v) is 13.2. The predicted octanol–water partition coefficient (Wildman–Crippen LogP) is 2.03. The van der Waals surface area contributed by atoms with Gasteiger partial charge in [-0.05, 0) is 24.4 Å². The van der Waals surface area contributed by atoms with Crippen molar-refractivity contribution in [1.29, 1.82) is 0 Å². The molecule has 1 fully saturated rings. The van der Waals surface area contributed by atoms with Crippen molar-refractivity contribution >= 4 is 33.4 Å². The Labute approximate surface area is 127 Å². The summed E-state index contributed by atoms with van der Waals surface area (Å²) in [5.41, 5.74) is 1.89. The summed E-state index contributed by atoms with van der Waals surface area (Å²) in [4.78, 5) is 27.7. The molecular formula is C15H19N3O2S. The van der Waals surface area contributed by atoms with E-state index in [1.54, 1.807) is 23.2 Å². The number of aryl methyl sites for hydroxylation is 1. The van der Waals surface area contributed by atoms with Crippen LogP contribution in [0.5, 0.6) is 0 Å². The number of amides is 2. The molecule has 21 heavy (non-hydrogen) atoms. The molecule has 2 amide bonds. The Kier molecular flexibility index (Phi) is 3.71. The van der Waals surface area contributed by atoms with E-state index in [0.29, 0.717) is 26.2 Å². The topological polar surface area (TPSA) is 45.6 Å². The number of nitrogens with zero attached hydrogens (tertiary/aromatic N) is 3. The van der Waals surface area contributed by atoms with Crippen molar-refractivity contribution in [2.45, 2.75) is 20.4 Å². The van der Waals surface area contributed by atoms with Crippen molar-refractivity contribution in [1.82, 2.24) is 14.4 Å². The maximum atomic E-state index is 12.7. The van der Waals surface area contributed by atoms with Crippen LogP contribution < -0.4 is 0 Å². The van der Waals surface area contributed by atoms with Gasteiger partial charge in [0.1, 0.15) is 5.69 Å². The first kappa shape index (κ1) is 14.1. The molecule has 112 valence electrons. The lowest BCUT2D eigenvalue weighted by atomic mass is 10.2. The zero-order valence-electron chi connectivity index (χ0n) is 12.3. The molecule has 0 unspecified atom stereocenters. The average molecular weight is 305 g/mol. The Morgan fingerprint density at radius 3 is 2.48 bits per heavy atom. The summed E-state index contributed by atoms with van der Waals surface area (Å²) in [7, 11) is 0. The van der Waals surface area contributed by atoms with Crippen LogP contribution in [0.25, 0.3) is 10.2 Å². The van der Waals surface area contributed by atoms with Gasteiger partial charge in [0, 0.05) is 39.6 Å². The van der Waals surface area contributed by atoms with Crippen LogP contribution in [0.3, 0.4) is 0 Å². The monoisotopic (exact) mass is 305 g/mol. The number of rotatable bonds is 2. The van der Waals surface area contributed by atoms with Gasteiger partial charge in [-0.2, -0.15) is 0 Å². The first-order chi connectivity index (χ1) is 10.1. The Morgan fingerprint density at radius 2 is 1.86 bits per heavy atom. The van der Waals surface area contributed by atoms with E-state index in [1.807, 2.05) is 11.0 Å². The molecule has 1 aliphatic rings. The number of hydrogen-bond donors (Lipinski definition) is 0. The Hall–Kier alpha value is -1.82. The highest BCUT2D eigenvalue weighted by atomic mass is 32.1. The Morgan fingerprint density at radius 1 is 1.19 bits per heavy atom. The van der Waals surface area contributed by atoms with Crippen LogP contribution in [0.2, 0.25) is 0 Å². The lowest BCUT2D eigenvalue weighted by Gasteiger charge is -2.34. The molecule has 0 spiro atoms. The molecule has 0 aliphatic carbocycles. The maximum absolute atomic E-state index is 12.7. The van der Waals surface area contributed by atoms with E-state index >= 15 is 0 Å². The normalized spacial score (nSPS) is 15.7. The van der Waals surface area contributed by atoms with Crippen molar-refractivity contribution in [3.05, 3.63) is 23.2 Å². The lowest BCUT2D eigenvalue weighted by molar-refractivity contribution is -0.130. The number of fused-ring (bicyclic) bond motifs is 1. The van der Waals surface area contributed by atoms with Gasteiger partial charge in [0.25, 0.3) is 5.91 Å². The Bertz CT molecular complexity index is 680. The average Bonchev–Trinajstić information content (AvgIpc) is 3.06. The summed E-state index contributed by atoms with van der Waals surface area (Å²) in [6.07, 6.45) is 0. The molecule has 1 saturated heterocycles. The van der Waals surface area contributed by atoms with Gasteiger partial charge in [0.15, 0.2) is 0 Å². The molecule has 0 bridgehead atoms. The summed E-state index contributed by atoms with van der Waals surface area (Å²) < 4.78 is 3.23. The highest BCUT2D eigenvalue weighted by molar-refractivity contribution is 7.17. The molecular weight excluding hydrogens is 286 g/mol. The molecule has 5 nitrogen and oxygen atoms in total. The zero-order chi connectivity index (χ0) is 15.0. The van der Waals surface area contributed by atoms with Crippen LogP contribution in [0.15, 0.2) is 17.5 Å². The van der Waals surface area contributed by atoms with Crippen LogP contribution >= 0.6 is 11.3 Å². The number of carbonyl (C=O) groups is 2. The van der Waals surface area contributed by atoms with Crippen LogP contribution in [0, 0.1) is 0 Å². The number of hydrogen-bond acceptors (Lipinski definition) is 3. The molecule has 3 heterocycles. The molecule has 6 heteroatoms. The van der Waals surface area contributed by atoms with E-state index in [9.17, 15) is 9.59 Å². The molecule has 1 aliphatic heterocycles. The van der Waals surface area contributed by atoms with E-state index < -0.39 is 0 Å². The largest absolute Gasteiger partial charge is 0.339 e. The van der Waals surface area contributed by atoms with Gasteiger partial charge in [0.2, 0.25) is 5.91 Å². The van der Waals surface area contributed by atoms with Crippen LogP contribution in [0.4, 0.5) is 0 Å². The number of piperazine rings is 1. The smallest absolute Gasteiger partial charge is 0.270 e. The van der Waals surface area contributed by atoms with Crippen molar-refractivity contribution in [2.75, 3.05) is 26.2 Å². The lowest BCUT2D eigenvalue weighted by Crippen LogP contribution is -2.50. The molecule has 3 rings (SSSR count). The predicted molar refractivity (Wildman–Crippen MR) is 83.6 cm³/mol. The van der Waals surface area contributed by atoms with Crippen molar-refractivity contribution in [2.24, 2.45) is 0 Å². The van der Waals surface area contributed by atoms with Gasteiger partial charge < -0.3 is 14.4 Å². The van der Waals surface area contributed by atoms with Gasteiger partial charge in [0.05, 0.1) is 10.2 Å². The molecule has 0 atom stereocenters. The van der Waals surface area contributed by atoms with Crippen molar-refractivity contribution < 1.29 is 9.59 Å². The van der Waals surface area contributed by atoms with E-state index in [-0.39, 0.29) is 11.8 Å².